The van der Waals surface area contributed by atoms with Crippen molar-refractivity contribution >= 4 is 28.9 Å². The van der Waals surface area contributed by atoms with Gasteiger partial charge in [-0.2, -0.15) is 0 Å². The van der Waals surface area contributed by atoms with Gasteiger partial charge in [0.25, 0.3) is 5.91 Å². The third kappa shape index (κ3) is 5.09. The van der Waals surface area contributed by atoms with Crippen molar-refractivity contribution in [3.63, 3.8) is 0 Å². The summed E-state index contributed by atoms with van der Waals surface area (Å²) in [5, 5.41) is 5.76. The van der Waals surface area contributed by atoms with Crippen LogP contribution in [0.25, 0.3) is 0 Å². The molecule has 0 spiro atoms. The number of methoxy groups -OCH3 is 2. The first-order valence-corrected chi connectivity index (χ1v) is 8.05. The van der Waals surface area contributed by atoms with Crippen LogP contribution in [0, 0.1) is 0 Å². The van der Waals surface area contributed by atoms with Gasteiger partial charge in [-0.1, -0.05) is 0 Å². The average Bonchev–Trinajstić information content (AvgIpc) is 2.62. The third-order valence-electron chi connectivity index (χ3n) is 3.30. The number of nitrogens with one attached hydrogen (secondary N) is 2. The van der Waals surface area contributed by atoms with Crippen molar-refractivity contribution in [2.45, 2.75) is 6.92 Å². The second-order valence-electron chi connectivity index (χ2n) is 4.94. The highest BCUT2D eigenvalue weighted by Crippen LogP contribution is 2.29. The number of hydrogen-bond donors (Lipinski definition) is 2. The number of carbonyl (C=O) groups excluding carboxylic acids is 1. The van der Waals surface area contributed by atoms with E-state index >= 15 is 0 Å². The van der Waals surface area contributed by atoms with E-state index in [1.54, 1.807) is 56.7 Å². The SMILES string of the molecule is CCOc1ccc(C(=O)NC(=S)Nc2ccc(OC)c(OC)c2)cc1. The summed E-state index contributed by atoms with van der Waals surface area (Å²) in [6, 6.07) is 12.1. The van der Waals surface area contributed by atoms with Crippen LogP contribution in [-0.2, 0) is 0 Å². The van der Waals surface area contributed by atoms with Gasteiger partial charge >= 0.3 is 0 Å². The third-order valence-corrected chi connectivity index (χ3v) is 3.50. The quantitative estimate of drug-likeness (QED) is 0.771. The fourth-order valence-corrected chi connectivity index (χ4v) is 2.33. The Kier molecular flexibility index (Phi) is 6.59. The summed E-state index contributed by atoms with van der Waals surface area (Å²) in [5.41, 5.74) is 1.16. The second-order valence-corrected chi connectivity index (χ2v) is 5.34. The van der Waals surface area contributed by atoms with Crippen molar-refractivity contribution in [3.05, 3.63) is 48.0 Å². The van der Waals surface area contributed by atoms with E-state index in [2.05, 4.69) is 10.6 Å². The lowest BCUT2D eigenvalue weighted by atomic mass is 10.2. The van der Waals surface area contributed by atoms with E-state index in [1.165, 1.54) is 0 Å². The van der Waals surface area contributed by atoms with E-state index in [1.807, 2.05) is 6.92 Å². The van der Waals surface area contributed by atoms with E-state index in [0.29, 0.717) is 35.1 Å². The van der Waals surface area contributed by atoms with Crippen LogP contribution < -0.4 is 24.8 Å². The molecule has 7 heteroatoms. The highest BCUT2D eigenvalue weighted by Gasteiger charge is 2.10. The molecule has 2 aromatic carbocycles. The Bertz CT molecular complexity index is 747. The van der Waals surface area contributed by atoms with Crippen LogP contribution in [0.5, 0.6) is 17.2 Å². The predicted molar refractivity (Wildman–Crippen MR) is 101 cm³/mol. The summed E-state index contributed by atoms with van der Waals surface area (Å²) in [4.78, 5) is 12.2. The van der Waals surface area contributed by atoms with Crippen LogP contribution in [0.15, 0.2) is 42.5 Å². The van der Waals surface area contributed by atoms with Crippen molar-refractivity contribution in [3.8, 4) is 17.2 Å². The number of ether oxygens (including phenoxy) is 3. The Balaban J connectivity index is 1.98. The van der Waals surface area contributed by atoms with Crippen molar-refractivity contribution in [2.24, 2.45) is 0 Å². The molecule has 0 aliphatic carbocycles. The summed E-state index contributed by atoms with van der Waals surface area (Å²) < 4.78 is 15.8. The van der Waals surface area contributed by atoms with Crippen LogP contribution in [0.3, 0.4) is 0 Å². The molecule has 1 amide bonds. The molecule has 2 rings (SSSR count). The molecule has 0 unspecified atom stereocenters. The first-order chi connectivity index (χ1) is 12.1. The Morgan fingerprint density at radius 2 is 1.72 bits per heavy atom. The molecule has 0 fully saturated rings. The highest BCUT2D eigenvalue weighted by atomic mass is 32.1. The Labute approximate surface area is 152 Å². The Morgan fingerprint density at radius 1 is 1.04 bits per heavy atom. The maximum absolute atomic E-state index is 12.2. The zero-order valence-electron chi connectivity index (χ0n) is 14.3. The molecule has 2 N–H and O–H groups in total. The van der Waals surface area contributed by atoms with Crippen molar-refractivity contribution in [1.82, 2.24) is 5.32 Å². The summed E-state index contributed by atoms with van der Waals surface area (Å²) in [7, 11) is 3.11. The van der Waals surface area contributed by atoms with E-state index in [4.69, 9.17) is 26.4 Å². The molecule has 0 aliphatic heterocycles. The number of rotatable bonds is 6. The molecule has 0 radical (unpaired) electrons. The molecule has 0 aliphatic rings. The van der Waals surface area contributed by atoms with Crippen LogP contribution in [0.2, 0.25) is 0 Å². The number of hydrogen-bond acceptors (Lipinski definition) is 5. The molecule has 0 atom stereocenters. The van der Waals surface area contributed by atoms with Crippen molar-refractivity contribution in [1.29, 1.82) is 0 Å². The van der Waals surface area contributed by atoms with Crippen molar-refractivity contribution < 1.29 is 19.0 Å². The van der Waals surface area contributed by atoms with Crippen LogP contribution in [-0.4, -0.2) is 31.8 Å². The minimum atomic E-state index is -0.305. The first kappa shape index (κ1) is 18.5. The molecule has 0 aromatic heterocycles. The van der Waals surface area contributed by atoms with Gasteiger partial charge in [0.15, 0.2) is 16.6 Å². The average molecular weight is 360 g/mol. The van der Waals surface area contributed by atoms with E-state index in [-0.39, 0.29) is 11.0 Å². The summed E-state index contributed by atoms with van der Waals surface area (Å²) in [6.07, 6.45) is 0. The van der Waals surface area contributed by atoms with E-state index in [9.17, 15) is 4.79 Å². The summed E-state index contributed by atoms with van der Waals surface area (Å²) >= 11 is 5.18. The fourth-order valence-electron chi connectivity index (χ4n) is 2.12. The lowest BCUT2D eigenvalue weighted by molar-refractivity contribution is 0.0977. The molecule has 2 aromatic rings. The lowest BCUT2D eigenvalue weighted by Crippen LogP contribution is -2.34. The fraction of sp³-hybridized carbons (Fsp3) is 0.222. The molecular formula is C18H20N2O4S. The van der Waals surface area contributed by atoms with Gasteiger partial charge in [-0.05, 0) is 55.5 Å². The number of benzene rings is 2. The monoisotopic (exact) mass is 360 g/mol. The highest BCUT2D eigenvalue weighted by molar-refractivity contribution is 7.80. The van der Waals surface area contributed by atoms with Crippen LogP contribution in [0.1, 0.15) is 17.3 Å². The summed E-state index contributed by atoms with van der Waals surface area (Å²) in [5.74, 6) is 1.58. The second kappa shape index (κ2) is 8.89. The van der Waals surface area contributed by atoms with E-state index in [0.717, 1.165) is 0 Å². The molecule has 0 saturated carbocycles. The maximum atomic E-state index is 12.2. The standard InChI is InChI=1S/C18H20N2O4S/c1-4-24-14-8-5-12(6-9-14)17(21)20-18(25)19-13-7-10-15(22-2)16(11-13)23-3/h5-11H,4H2,1-3H3,(H2,19,20,21,25). The molecule has 0 bridgehead atoms. The minimum Gasteiger partial charge on any atom is -0.494 e. The van der Waals surface area contributed by atoms with E-state index < -0.39 is 0 Å². The van der Waals surface area contributed by atoms with Gasteiger partial charge in [0, 0.05) is 17.3 Å². The maximum Gasteiger partial charge on any atom is 0.257 e. The number of carbonyl (C=O) groups is 1. The van der Waals surface area contributed by atoms with Gasteiger partial charge in [-0.25, -0.2) is 0 Å². The van der Waals surface area contributed by atoms with Gasteiger partial charge in [0.2, 0.25) is 0 Å². The lowest BCUT2D eigenvalue weighted by Gasteiger charge is -2.12. The van der Waals surface area contributed by atoms with Crippen LogP contribution >= 0.6 is 12.2 Å². The molecule has 25 heavy (non-hydrogen) atoms. The summed E-state index contributed by atoms with van der Waals surface area (Å²) in [6.45, 7) is 2.48. The zero-order chi connectivity index (χ0) is 18.2. The zero-order valence-corrected chi connectivity index (χ0v) is 15.1. The molecule has 132 valence electrons. The first-order valence-electron chi connectivity index (χ1n) is 7.64. The van der Waals surface area contributed by atoms with Gasteiger partial charge < -0.3 is 19.5 Å². The smallest absolute Gasteiger partial charge is 0.257 e. The van der Waals surface area contributed by atoms with Gasteiger partial charge in [-0.3, -0.25) is 10.1 Å². The molecular weight excluding hydrogens is 340 g/mol. The van der Waals surface area contributed by atoms with Crippen LogP contribution in [0.4, 0.5) is 5.69 Å². The molecule has 0 heterocycles. The minimum absolute atomic E-state index is 0.186. The number of thiocarbonyl (C=S) groups is 1. The Morgan fingerprint density at radius 3 is 2.32 bits per heavy atom. The predicted octanol–water partition coefficient (Wildman–Crippen LogP) is 3.23. The van der Waals surface area contributed by atoms with Crippen molar-refractivity contribution in [2.75, 3.05) is 26.1 Å². The molecule has 0 saturated heterocycles. The van der Waals surface area contributed by atoms with Gasteiger partial charge in [-0.15, -0.1) is 0 Å². The van der Waals surface area contributed by atoms with Gasteiger partial charge in [0.05, 0.1) is 20.8 Å². The number of amides is 1. The van der Waals surface area contributed by atoms with Gasteiger partial charge in [0.1, 0.15) is 5.75 Å². The largest absolute Gasteiger partial charge is 0.494 e. The topological polar surface area (TPSA) is 68.8 Å². The Hall–Kier alpha value is -2.80. The number of anilines is 1. The molecule has 6 nitrogen and oxygen atoms in total. The normalized spacial score (nSPS) is 9.88.